The lowest BCUT2D eigenvalue weighted by molar-refractivity contribution is -0.137. The van der Waals surface area contributed by atoms with Crippen LogP contribution in [0.5, 0.6) is 0 Å². The van der Waals surface area contributed by atoms with Crippen LogP contribution in [0.4, 0.5) is 4.79 Å². The minimum atomic E-state index is -0.0986. The van der Waals surface area contributed by atoms with Gasteiger partial charge in [-0.15, -0.1) is 0 Å². The van der Waals surface area contributed by atoms with Gasteiger partial charge in [0.15, 0.2) is 0 Å². The van der Waals surface area contributed by atoms with E-state index in [2.05, 4.69) is 15.6 Å². The van der Waals surface area contributed by atoms with Gasteiger partial charge in [0, 0.05) is 44.5 Å². The summed E-state index contributed by atoms with van der Waals surface area (Å²) in [5.74, 6) is 0.167. The van der Waals surface area contributed by atoms with Gasteiger partial charge in [-0.2, -0.15) is 0 Å². The van der Waals surface area contributed by atoms with Gasteiger partial charge in [-0.3, -0.25) is 4.79 Å². The molecule has 1 saturated heterocycles. The first kappa shape index (κ1) is 16.8. The molecule has 3 amide bonds. The average Bonchev–Trinajstić information content (AvgIpc) is 3.05. The maximum absolute atomic E-state index is 12.1. The Kier molecular flexibility index (Phi) is 5.72. The minimum Gasteiger partial charge on any atom is -0.338 e. The van der Waals surface area contributed by atoms with E-state index in [9.17, 15) is 9.59 Å². The molecule has 0 radical (unpaired) electrons. The van der Waals surface area contributed by atoms with Crippen LogP contribution < -0.4 is 10.6 Å². The molecule has 2 N–H and O–H groups in total. The molecule has 1 aromatic rings. The highest BCUT2D eigenvalue weighted by Gasteiger charge is 2.30. The van der Waals surface area contributed by atoms with E-state index in [1.807, 2.05) is 15.7 Å². The molecule has 0 atom stereocenters. The van der Waals surface area contributed by atoms with Crippen molar-refractivity contribution in [2.75, 3.05) is 19.6 Å². The Bertz CT molecular complexity index is 533. The molecule has 0 aromatic carbocycles. The van der Waals surface area contributed by atoms with E-state index in [0.29, 0.717) is 31.5 Å². The molecular weight excluding hydrogens is 306 g/mol. The zero-order valence-electron chi connectivity index (χ0n) is 14.1. The van der Waals surface area contributed by atoms with Gasteiger partial charge in [-0.05, 0) is 19.3 Å². The van der Waals surface area contributed by atoms with Crippen LogP contribution in [0.3, 0.4) is 0 Å². The number of amides is 3. The first-order chi connectivity index (χ1) is 11.7. The van der Waals surface area contributed by atoms with Gasteiger partial charge in [0.25, 0.3) is 0 Å². The van der Waals surface area contributed by atoms with Crippen LogP contribution in [-0.2, 0) is 4.79 Å². The van der Waals surface area contributed by atoms with E-state index in [1.54, 1.807) is 12.5 Å². The van der Waals surface area contributed by atoms with E-state index in [4.69, 9.17) is 0 Å². The predicted octanol–water partition coefficient (Wildman–Crippen LogP) is 1.68. The molecule has 132 valence electrons. The molecular formula is C17H27N5O2. The summed E-state index contributed by atoms with van der Waals surface area (Å²) in [7, 11) is 0. The molecule has 2 heterocycles. The van der Waals surface area contributed by atoms with Gasteiger partial charge < -0.3 is 20.1 Å². The molecule has 0 bridgehead atoms. The molecule has 24 heavy (non-hydrogen) atoms. The fourth-order valence-corrected chi connectivity index (χ4v) is 3.42. The monoisotopic (exact) mass is 333 g/mol. The van der Waals surface area contributed by atoms with Crippen LogP contribution in [-0.4, -0.2) is 52.1 Å². The van der Waals surface area contributed by atoms with Gasteiger partial charge in [0.1, 0.15) is 0 Å². The van der Waals surface area contributed by atoms with Crippen LogP contribution in [0.25, 0.3) is 0 Å². The third-order valence-electron chi connectivity index (χ3n) is 4.95. The predicted molar refractivity (Wildman–Crippen MR) is 90.5 cm³/mol. The fraction of sp³-hybridized carbons (Fsp3) is 0.706. The molecule has 2 aliphatic rings. The largest absolute Gasteiger partial charge is 0.338 e. The molecule has 7 nitrogen and oxygen atoms in total. The number of imidazole rings is 1. The van der Waals surface area contributed by atoms with Crippen molar-refractivity contribution < 1.29 is 9.59 Å². The van der Waals surface area contributed by atoms with Crippen molar-refractivity contribution in [1.29, 1.82) is 0 Å². The molecule has 0 unspecified atom stereocenters. The Labute approximate surface area is 142 Å². The van der Waals surface area contributed by atoms with Crippen molar-refractivity contribution in [1.82, 2.24) is 25.1 Å². The fourth-order valence-electron chi connectivity index (χ4n) is 3.42. The normalized spacial score (nSPS) is 18.9. The number of nitrogens with zero attached hydrogens (tertiary/aromatic N) is 3. The second-order valence-corrected chi connectivity index (χ2v) is 6.80. The topological polar surface area (TPSA) is 79.3 Å². The van der Waals surface area contributed by atoms with Gasteiger partial charge in [0.05, 0.1) is 12.4 Å². The van der Waals surface area contributed by atoms with Crippen LogP contribution in [0, 0.1) is 0 Å². The highest BCUT2D eigenvalue weighted by molar-refractivity contribution is 5.77. The quantitative estimate of drug-likeness (QED) is 0.777. The van der Waals surface area contributed by atoms with Crippen molar-refractivity contribution in [2.45, 2.75) is 57.0 Å². The lowest BCUT2D eigenvalue weighted by Crippen LogP contribution is -2.50. The molecule has 1 aliphatic heterocycles. The summed E-state index contributed by atoms with van der Waals surface area (Å²) in [4.78, 5) is 29.8. The van der Waals surface area contributed by atoms with Gasteiger partial charge in [-0.1, -0.05) is 19.3 Å². The molecule has 2 fully saturated rings. The van der Waals surface area contributed by atoms with Gasteiger partial charge in [0.2, 0.25) is 5.91 Å². The molecule has 1 aliphatic carbocycles. The highest BCUT2D eigenvalue weighted by atomic mass is 16.2. The van der Waals surface area contributed by atoms with Crippen molar-refractivity contribution >= 4 is 11.9 Å². The maximum Gasteiger partial charge on any atom is 0.315 e. The summed E-state index contributed by atoms with van der Waals surface area (Å²) in [6, 6.07) is 0.580. The first-order valence-corrected chi connectivity index (χ1v) is 9.02. The minimum absolute atomic E-state index is 0.0986. The van der Waals surface area contributed by atoms with E-state index >= 15 is 0 Å². The van der Waals surface area contributed by atoms with Crippen molar-refractivity contribution in [3.8, 4) is 0 Å². The standard InChI is InChI=1S/C17H27N5O2/c23-16(22-11-15(12-22)21-10-9-18-13-21)7-4-8-19-17(24)20-14-5-2-1-3-6-14/h9-10,13-15H,1-8,11-12H2,(H2,19,20,24). The zero-order valence-corrected chi connectivity index (χ0v) is 14.1. The number of carbonyl (C=O) groups excluding carboxylic acids is 2. The number of rotatable bonds is 6. The first-order valence-electron chi connectivity index (χ1n) is 9.02. The van der Waals surface area contributed by atoms with Crippen molar-refractivity contribution in [3.63, 3.8) is 0 Å². The second-order valence-electron chi connectivity index (χ2n) is 6.80. The van der Waals surface area contributed by atoms with Gasteiger partial charge in [-0.25, -0.2) is 9.78 Å². The number of likely N-dealkylation sites (tertiary alicyclic amines) is 1. The Hall–Kier alpha value is -2.05. The van der Waals surface area contributed by atoms with Crippen molar-refractivity contribution in [2.24, 2.45) is 0 Å². The molecule has 1 saturated carbocycles. The Morgan fingerprint density at radius 2 is 1.96 bits per heavy atom. The smallest absolute Gasteiger partial charge is 0.315 e. The van der Waals surface area contributed by atoms with E-state index < -0.39 is 0 Å². The van der Waals surface area contributed by atoms with E-state index in [-0.39, 0.29) is 11.9 Å². The molecule has 1 aromatic heterocycles. The van der Waals surface area contributed by atoms with Crippen LogP contribution in [0.2, 0.25) is 0 Å². The Balaban J connectivity index is 1.24. The number of carbonyl (C=O) groups is 2. The SMILES string of the molecule is O=C(NCCCC(=O)N1CC(n2ccnc2)C1)NC1CCCCC1. The summed E-state index contributed by atoms with van der Waals surface area (Å²) < 4.78 is 2.04. The average molecular weight is 333 g/mol. The summed E-state index contributed by atoms with van der Waals surface area (Å²) >= 11 is 0. The van der Waals surface area contributed by atoms with Crippen LogP contribution in [0.15, 0.2) is 18.7 Å². The number of aromatic nitrogens is 2. The third kappa shape index (κ3) is 4.49. The molecule has 3 rings (SSSR count). The maximum atomic E-state index is 12.1. The van der Waals surface area contributed by atoms with Crippen LogP contribution >= 0.6 is 0 Å². The summed E-state index contributed by atoms with van der Waals surface area (Å²) in [6.45, 7) is 2.05. The number of hydrogen-bond donors (Lipinski definition) is 2. The lowest BCUT2D eigenvalue weighted by Gasteiger charge is -2.39. The lowest BCUT2D eigenvalue weighted by atomic mass is 9.96. The third-order valence-corrected chi connectivity index (χ3v) is 4.95. The summed E-state index contributed by atoms with van der Waals surface area (Å²) in [5, 5.41) is 5.88. The molecule has 7 heteroatoms. The molecule has 0 spiro atoms. The summed E-state index contributed by atoms with van der Waals surface area (Å²) in [5.41, 5.74) is 0. The Morgan fingerprint density at radius 1 is 1.17 bits per heavy atom. The number of nitrogens with one attached hydrogen (secondary N) is 2. The van der Waals surface area contributed by atoms with E-state index in [1.165, 1.54) is 19.3 Å². The second kappa shape index (κ2) is 8.17. The zero-order chi connectivity index (χ0) is 16.8. The van der Waals surface area contributed by atoms with Gasteiger partial charge >= 0.3 is 6.03 Å². The summed E-state index contributed by atoms with van der Waals surface area (Å²) in [6.07, 6.45) is 12.5. The van der Waals surface area contributed by atoms with Crippen molar-refractivity contribution in [3.05, 3.63) is 18.7 Å². The van der Waals surface area contributed by atoms with E-state index in [0.717, 1.165) is 25.9 Å². The number of hydrogen-bond acceptors (Lipinski definition) is 3. The van der Waals surface area contributed by atoms with Crippen LogP contribution in [0.1, 0.15) is 51.0 Å². The Morgan fingerprint density at radius 3 is 2.67 bits per heavy atom. The number of urea groups is 1. The highest BCUT2D eigenvalue weighted by Crippen LogP contribution is 2.21.